The van der Waals surface area contributed by atoms with Gasteiger partial charge in [-0.05, 0) is 24.3 Å². The number of rotatable bonds is 5. The molecular weight excluding hydrogens is 266 g/mol. The van der Waals surface area contributed by atoms with Crippen LogP contribution in [0.15, 0.2) is 24.3 Å². The number of anilines is 1. The molecule has 1 amide bonds. The van der Waals surface area contributed by atoms with E-state index in [1.807, 2.05) is 6.07 Å². The van der Waals surface area contributed by atoms with Gasteiger partial charge in [-0.2, -0.15) is 5.26 Å². The van der Waals surface area contributed by atoms with Crippen LogP contribution in [0.1, 0.15) is 12.5 Å². The summed E-state index contributed by atoms with van der Waals surface area (Å²) in [5.74, 6) is -0.194. The molecule has 102 valence electrons. The van der Waals surface area contributed by atoms with Gasteiger partial charge < -0.3 is 4.90 Å². The first-order valence-electron chi connectivity index (χ1n) is 5.56. The summed E-state index contributed by atoms with van der Waals surface area (Å²) in [7, 11) is -3.27. The fourth-order valence-corrected chi connectivity index (χ4v) is 1.99. The fourth-order valence-electron chi connectivity index (χ4n) is 1.53. The van der Waals surface area contributed by atoms with E-state index in [0.29, 0.717) is 11.3 Å². The standard InChI is InChI=1S/C12H15N3O3S/c1-10(16)15(8-7-14-19(2,17)18)12-5-3-11(9-13)4-6-12/h3-6,14H,7-8H2,1-2H3. The summed E-state index contributed by atoms with van der Waals surface area (Å²) in [6, 6.07) is 8.51. The molecule has 0 unspecified atom stereocenters. The highest BCUT2D eigenvalue weighted by Gasteiger charge is 2.12. The van der Waals surface area contributed by atoms with Crippen LogP contribution >= 0.6 is 0 Å². The Morgan fingerprint density at radius 2 is 1.95 bits per heavy atom. The third-order valence-electron chi connectivity index (χ3n) is 2.39. The molecule has 1 N–H and O–H groups in total. The normalized spacial score (nSPS) is 10.8. The van der Waals surface area contributed by atoms with E-state index in [4.69, 9.17) is 5.26 Å². The monoisotopic (exact) mass is 281 g/mol. The average Bonchev–Trinajstić information content (AvgIpc) is 2.33. The Hall–Kier alpha value is -1.91. The third kappa shape index (κ3) is 5.07. The number of nitrogens with zero attached hydrogens (tertiary/aromatic N) is 2. The van der Waals surface area contributed by atoms with Crippen molar-refractivity contribution in [3.05, 3.63) is 29.8 Å². The van der Waals surface area contributed by atoms with E-state index in [1.54, 1.807) is 24.3 Å². The number of hydrogen-bond acceptors (Lipinski definition) is 4. The number of hydrogen-bond donors (Lipinski definition) is 1. The highest BCUT2D eigenvalue weighted by atomic mass is 32.2. The zero-order valence-corrected chi connectivity index (χ0v) is 11.6. The van der Waals surface area contributed by atoms with Gasteiger partial charge in [0, 0.05) is 25.7 Å². The second-order valence-corrected chi connectivity index (χ2v) is 5.83. The molecule has 1 rings (SSSR count). The summed E-state index contributed by atoms with van der Waals surface area (Å²) in [4.78, 5) is 13.0. The number of carbonyl (C=O) groups excluding carboxylic acids is 1. The molecule has 0 radical (unpaired) electrons. The molecule has 0 aromatic heterocycles. The number of benzene rings is 1. The van der Waals surface area contributed by atoms with E-state index in [0.717, 1.165) is 6.26 Å². The quantitative estimate of drug-likeness (QED) is 0.849. The summed E-state index contributed by atoms with van der Waals surface area (Å²) in [6.07, 6.45) is 1.06. The number of carbonyl (C=O) groups is 1. The van der Waals surface area contributed by atoms with Crippen LogP contribution < -0.4 is 9.62 Å². The molecule has 1 aromatic rings. The number of nitrogens with one attached hydrogen (secondary N) is 1. The van der Waals surface area contributed by atoms with E-state index in [9.17, 15) is 13.2 Å². The van der Waals surface area contributed by atoms with Crippen LogP contribution in [-0.4, -0.2) is 33.7 Å². The maximum absolute atomic E-state index is 11.5. The Morgan fingerprint density at radius 1 is 1.37 bits per heavy atom. The van der Waals surface area contributed by atoms with Crippen LogP contribution in [0.4, 0.5) is 5.69 Å². The lowest BCUT2D eigenvalue weighted by atomic mass is 10.2. The van der Waals surface area contributed by atoms with Crippen LogP contribution in [-0.2, 0) is 14.8 Å². The molecule has 7 heteroatoms. The van der Waals surface area contributed by atoms with Crippen molar-refractivity contribution in [2.45, 2.75) is 6.92 Å². The largest absolute Gasteiger partial charge is 0.311 e. The van der Waals surface area contributed by atoms with Crippen molar-refractivity contribution in [3.63, 3.8) is 0 Å². The van der Waals surface area contributed by atoms with Crippen molar-refractivity contribution in [3.8, 4) is 6.07 Å². The van der Waals surface area contributed by atoms with Crippen molar-refractivity contribution in [2.75, 3.05) is 24.2 Å². The average molecular weight is 281 g/mol. The first-order chi connectivity index (χ1) is 8.83. The van der Waals surface area contributed by atoms with Gasteiger partial charge in [-0.25, -0.2) is 13.1 Å². The number of amides is 1. The maximum Gasteiger partial charge on any atom is 0.223 e. The predicted octanol–water partition coefficient (Wildman–Crippen LogP) is 0.460. The Morgan fingerprint density at radius 3 is 2.37 bits per heavy atom. The molecule has 0 heterocycles. The van der Waals surface area contributed by atoms with Gasteiger partial charge in [-0.3, -0.25) is 4.79 Å². The zero-order valence-electron chi connectivity index (χ0n) is 10.8. The molecule has 0 saturated heterocycles. The molecule has 0 aliphatic rings. The van der Waals surface area contributed by atoms with Crippen molar-refractivity contribution in [1.82, 2.24) is 4.72 Å². The summed E-state index contributed by atoms with van der Waals surface area (Å²) < 4.78 is 24.2. The minimum absolute atomic E-state index is 0.137. The first-order valence-corrected chi connectivity index (χ1v) is 7.45. The summed E-state index contributed by atoms with van der Waals surface area (Å²) in [5, 5.41) is 8.70. The van der Waals surface area contributed by atoms with E-state index >= 15 is 0 Å². The molecule has 1 aromatic carbocycles. The summed E-state index contributed by atoms with van der Waals surface area (Å²) >= 11 is 0. The zero-order chi connectivity index (χ0) is 14.5. The summed E-state index contributed by atoms with van der Waals surface area (Å²) in [6.45, 7) is 1.77. The van der Waals surface area contributed by atoms with Crippen molar-refractivity contribution in [1.29, 1.82) is 5.26 Å². The van der Waals surface area contributed by atoms with Gasteiger partial charge in [0.05, 0.1) is 17.9 Å². The SMILES string of the molecule is CC(=O)N(CCNS(C)(=O)=O)c1ccc(C#N)cc1. The second kappa shape index (κ2) is 6.31. The number of nitriles is 1. The van der Waals surface area contributed by atoms with Crippen LogP contribution in [0, 0.1) is 11.3 Å². The van der Waals surface area contributed by atoms with Gasteiger partial charge in [0.25, 0.3) is 0 Å². The van der Waals surface area contributed by atoms with Crippen molar-refractivity contribution < 1.29 is 13.2 Å². The Balaban J connectivity index is 2.77. The highest BCUT2D eigenvalue weighted by Crippen LogP contribution is 2.14. The van der Waals surface area contributed by atoms with Gasteiger partial charge in [0.2, 0.25) is 15.9 Å². The Bertz CT molecular complexity index is 588. The molecule has 0 atom stereocenters. The van der Waals surface area contributed by atoms with Crippen LogP contribution in [0.25, 0.3) is 0 Å². The lowest BCUT2D eigenvalue weighted by Crippen LogP contribution is -2.37. The predicted molar refractivity (Wildman–Crippen MR) is 72.0 cm³/mol. The summed E-state index contributed by atoms with van der Waals surface area (Å²) in [5.41, 5.74) is 1.13. The highest BCUT2D eigenvalue weighted by molar-refractivity contribution is 7.88. The topological polar surface area (TPSA) is 90.3 Å². The fraction of sp³-hybridized carbons (Fsp3) is 0.333. The molecule has 0 fully saturated rings. The smallest absolute Gasteiger partial charge is 0.223 e. The second-order valence-electron chi connectivity index (χ2n) is 4.00. The van der Waals surface area contributed by atoms with Crippen LogP contribution in [0.2, 0.25) is 0 Å². The Labute approximate surface area is 112 Å². The lowest BCUT2D eigenvalue weighted by molar-refractivity contribution is -0.116. The van der Waals surface area contributed by atoms with Gasteiger partial charge in [-0.15, -0.1) is 0 Å². The minimum Gasteiger partial charge on any atom is -0.311 e. The maximum atomic E-state index is 11.5. The van der Waals surface area contributed by atoms with E-state index < -0.39 is 10.0 Å². The molecular formula is C12H15N3O3S. The van der Waals surface area contributed by atoms with Crippen molar-refractivity contribution >= 4 is 21.6 Å². The van der Waals surface area contributed by atoms with Crippen LogP contribution in [0.5, 0.6) is 0 Å². The molecule has 0 aliphatic heterocycles. The number of sulfonamides is 1. The third-order valence-corrected chi connectivity index (χ3v) is 3.12. The van der Waals surface area contributed by atoms with E-state index in [2.05, 4.69) is 4.72 Å². The lowest BCUT2D eigenvalue weighted by Gasteiger charge is -2.21. The molecule has 0 spiro atoms. The van der Waals surface area contributed by atoms with E-state index in [-0.39, 0.29) is 19.0 Å². The molecule has 0 aliphatic carbocycles. The van der Waals surface area contributed by atoms with Gasteiger partial charge in [-0.1, -0.05) is 0 Å². The molecule has 0 bridgehead atoms. The molecule has 0 saturated carbocycles. The Kier molecular flexibility index (Phi) is 5.03. The van der Waals surface area contributed by atoms with Gasteiger partial charge >= 0.3 is 0 Å². The van der Waals surface area contributed by atoms with Crippen molar-refractivity contribution in [2.24, 2.45) is 0 Å². The molecule has 6 nitrogen and oxygen atoms in total. The van der Waals surface area contributed by atoms with Gasteiger partial charge in [0.1, 0.15) is 0 Å². The minimum atomic E-state index is -3.27. The van der Waals surface area contributed by atoms with Gasteiger partial charge in [0.15, 0.2) is 0 Å². The first kappa shape index (κ1) is 15.1. The van der Waals surface area contributed by atoms with E-state index in [1.165, 1.54) is 11.8 Å². The van der Waals surface area contributed by atoms with Crippen LogP contribution in [0.3, 0.4) is 0 Å². The molecule has 19 heavy (non-hydrogen) atoms.